The number of pyridine rings is 2. The molecule has 3 heterocycles. The molecule has 0 bridgehead atoms. The normalized spacial score (nSPS) is 17.0. The van der Waals surface area contributed by atoms with Crippen LogP contribution >= 0.6 is 0 Å². The third-order valence-electron chi connectivity index (χ3n) is 5.59. The van der Waals surface area contributed by atoms with Crippen LogP contribution in [-0.2, 0) is 10.2 Å². The first-order valence-electron chi connectivity index (χ1n) is 9.99. The van der Waals surface area contributed by atoms with Gasteiger partial charge in [-0.25, -0.2) is 9.97 Å². The molecule has 0 spiro atoms. The summed E-state index contributed by atoms with van der Waals surface area (Å²) in [5.74, 6) is 0.522. The van der Waals surface area contributed by atoms with E-state index in [0.717, 1.165) is 11.1 Å². The maximum absolute atomic E-state index is 13.3. The Labute approximate surface area is 182 Å². The SMILES string of the molecule is COc1ccc(-c2cc(C)cc(NC(=O)C3(c4ccc5c(c4)OC(F)(F)O5)CC3)n2)cn1. The fourth-order valence-electron chi connectivity index (χ4n) is 3.79. The zero-order chi connectivity index (χ0) is 22.5. The summed E-state index contributed by atoms with van der Waals surface area (Å²) in [4.78, 5) is 21.9. The molecule has 3 aromatic rings. The molecule has 32 heavy (non-hydrogen) atoms. The predicted molar refractivity (Wildman–Crippen MR) is 111 cm³/mol. The van der Waals surface area contributed by atoms with Crippen LogP contribution in [0.2, 0.25) is 0 Å². The maximum atomic E-state index is 13.3. The number of nitrogens with zero attached hydrogens (tertiary/aromatic N) is 2. The number of aromatic nitrogens is 2. The third-order valence-corrected chi connectivity index (χ3v) is 5.59. The zero-order valence-electron chi connectivity index (χ0n) is 17.3. The molecule has 0 unspecified atom stereocenters. The van der Waals surface area contributed by atoms with E-state index in [4.69, 9.17) is 4.74 Å². The second-order valence-corrected chi connectivity index (χ2v) is 7.87. The minimum absolute atomic E-state index is 0.0481. The van der Waals surface area contributed by atoms with Crippen molar-refractivity contribution in [2.24, 2.45) is 0 Å². The van der Waals surface area contributed by atoms with Gasteiger partial charge < -0.3 is 19.5 Å². The van der Waals surface area contributed by atoms with Crippen molar-refractivity contribution in [3.05, 3.63) is 59.8 Å². The summed E-state index contributed by atoms with van der Waals surface area (Å²) < 4.78 is 40.7. The van der Waals surface area contributed by atoms with Gasteiger partial charge in [-0.2, -0.15) is 0 Å². The Hall–Kier alpha value is -3.75. The summed E-state index contributed by atoms with van der Waals surface area (Å²) in [6.07, 6.45) is -0.860. The van der Waals surface area contributed by atoms with Crippen LogP contribution in [0.25, 0.3) is 11.3 Å². The van der Waals surface area contributed by atoms with Crippen molar-refractivity contribution in [1.82, 2.24) is 9.97 Å². The van der Waals surface area contributed by atoms with Gasteiger partial charge in [0, 0.05) is 17.8 Å². The molecule has 9 heteroatoms. The van der Waals surface area contributed by atoms with E-state index < -0.39 is 11.7 Å². The van der Waals surface area contributed by atoms with E-state index in [2.05, 4.69) is 24.8 Å². The molecule has 1 N–H and O–H groups in total. The number of anilines is 1. The van der Waals surface area contributed by atoms with E-state index in [0.29, 0.717) is 35.8 Å². The minimum atomic E-state index is -3.70. The molecule has 1 amide bonds. The highest BCUT2D eigenvalue weighted by atomic mass is 19.3. The Morgan fingerprint density at radius 2 is 1.88 bits per heavy atom. The lowest BCUT2D eigenvalue weighted by Crippen LogP contribution is -2.28. The topological polar surface area (TPSA) is 82.6 Å². The molecule has 7 nitrogen and oxygen atoms in total. The fourth-order valence-corrected chi connectivity index (χ4v) is 3.79. The van der Waals surface area contributed by atoms with Crippen LogP contribution in [0.5, 0.6) is 17.4 Å². The Kier molecular flexibility index (Phi) is 4.51. The summed E-state index contributed by atoms with van der Waals surface area (Å²) >= 11 is 0. The standard InChI is InChI=1S/C23H19F2N3O4/c1-13-9-16(14-3-6-20(30-2)26-12-14)27-19(10-13)28-21(29)22(7-8-22)15-4-5-17-18(11-15)32-23(24,25)31-17/h3-6,9-12H,7-8H2,1-2H3,(H,27,28,29). The number of ether oxygens (including phenoxy) is 3. The summed E-state index contributed by atoms with van der Waals surface area (Å²) in [6, 6.07) is 11.7. The van der Waals surface area contributed by atoms with Gasteiger partial charge in [0.15, 0.2) is 11.5 Å². The smallest absolute Gasteiger partial charge is 0.481 e. The highest BCUT2D eigenvalue weighted by Gasteiger charge is 2.53. The molecule has 0 saturated heterocycles. The molecule has 5 rings (SSSR count). The van der Waals surface area contributed by atoms with Gasteiger partial charge in [-0.05, 0) is 61.2 Å². The minimum Gasteiger partial charge on any atom is -0.481 e. The van der Waals surface area contributed by atoms with Crippen molar-refractivity contribution in [3.63, 3.8) is 0 Å². The van der Waals surface area contributed by atoms with Gasteiger partial charge in [0.05, 0.1) is 18.2 Å². The number of carbonyl (C=O) groups is 1. The van der Waals surface area contributed by atoms with Crippen LogP contribution in [0.3, 0.4) is 0 Å². The van der Waals surface area contributed by atoms with E-state index in [1.807, 2.05) is 19.1 Å². The van der Waals surface area contributed by atoms with Crippen molar-refractivity contribution < 1.29 is 27.8 Å². The average molecular weight is 439 g/mol. The van der Waals surface area contributed by atoms with E-state index in [1.165, 1.54) is 12.1 Å². The molecule has 0 radical (unpaired) electrons. The van der Waals surface area contributed by atoms with Gasteiger partial charge in [0.1, 0.15) is 5.82 Å². The average Bonchev–Trinajstić information content (AvgIpc) is 3.50. The number of hydrogen-bond acceptors (Lipinski definition) is 6. The van der Waals surface area contributed by atoms with Crippen LogP contribution in [-0.4, -0.2) is 29.3 Å². The van der Waals surface area contributed by atoms with Crippen LogP contribution < -0.4 is 19.5 Å². The molecule has 1 saturated carbocycles. The second kappa shape index (κ2) is 7.15. The predicted octanol–water partition coefficient (Wildman–Crippen LogP) is 4.45. The highest BCUT2D eigenvalue weighted by molar-refractivity contribution is 6.01. The summed E-state index contributed by atoms with van der Waals surface area (Å²) in [6.45, 7) is 1.91. The molecular weight excluding hydrogens is 420 g/mol. The van der Waals surface area contributed by atoms with Gasteiger partial charge in [0.2, 0.25) is 11.8 Å². The number of halogens is 2. The molecule has 1 aliphatic carbocycles. The summed E-state index contributed by atoms with van der Waals surface area (Å²) in [5, 5.41) is 2.89. The first-order valence-corrected chi connectivity index (χ1v) is 9.99. The Bertz CT molecular complexity index is 1210. The Morgan fingerprint density at radius 1 is 1.09 bits per heavy atom. The maximum Gasteiger partial charge on any atom is 0.586 e. The number of methoxy groups -OCH3 is 1. The molecular formula is C23H19F2N3O4. The van der Waals surface area contributed by atoms with E-state index in [-0.39, 0.29) is 17.4 Å². The van der Waals surface area contributed by atoms with Crippen molar-refractivity contribution in [1.29, 1.82) is 0 Å². The van der Waals surface area contributed by atoms with Gasteiger partial charge in [-0.1, -0.05) is 6.07 Å². The number of benzene rings is 1. The number of alkyl halides is 2. The highest BCUT2D eigenvalue weighted by Crippen LogP contribution is 2.52. The van der Waals surface area contributed by atoms with E-state index >= 15 is 0 Å². The van der Waals surface area contributed by atoms with Crippen molar-refractivity contribution >= 4 is 11.7 Å². The zero-order valence-corrected chi connectivity index (χ0v) is 17.3. The van der Waals surface area contributed by atoms with Gasteiger partial charge >= 0.3 is 6.29 Å². The summed E-state index contributed by atoms with van der Waals surface area (Å²) in [7, 11) is 1.54. The molecule has 0 atom stereocenters. The number of hydrogen-bond donors (Lipinski definition) is 1. The van der Waals surface area contributed by atoms with E-state index in [9.17, 15) is 13.6 Å². The fraction of sp³-hybridized carbons (Fsp3) is 0.261. The van der Waals surface area contributed by atoms with Crippen molar-refractivity contribution in [2.45, 2.75) is 31.5 Å². The van der Waals surface area contributed by atoms with Gasteiger partial charge in [-0.3, -0.25) is 4.79 Å². The first kappa shape index (κ1) is 20.2. The number of carbonyl (C=O) groups excluding carboxylic acids is 1. The lowest BCUT2D eigenvalue weighted by Gasteiger charge is -2.16. The van der Waals surface area contributed by atoms with E-state index in [1.54, 1.807) is 31.5 Å². The summed E-state index contributed by atoms with van der Waals surface area (Å²) in [5.41, 5.74) is 2.13. The number of fused-ring (bicyclic) bond motifs is 1. The lowest BCUT2D eigenvalue weighted by molar-refractivity contribution is -0.286. The number of nitrogens with one attached hydrogen (secondary N) is 1. The lowest BCUT2D eigenvalue weighted by atomic mass is 9.94. The van der Waals surface area contributed by atoms with Crippen LogP contribution in [0.1, 0.15) is 24.0 Å². The van der Waals surface area contributed by atoms with Crippen molar-refractivity contribution in [3.8, 4) is 28.6 Å². The molecule has 2 aromatic heterocycles. The third kappa shape index (κ3) is 3.59. The molecule has 1 aromatic carbocycles. The quantitative estimate of drug-likeness (QED) is 0.633. The monoisotopic (exact) mass is 439 g/mol. The second-order valence-electron chi connectivity index (χ2n) is 7.87. The van der Waals surface area contributed by atoms with Crippen LogP contribution in [0.4, 0.5) is 14.6 Å². The largest absolute Gasteiger partial charge is 0.586 e. The number of amides is 1. The Balaban J connectivity index is 1.39. The number of rotatable bonds is 5. The molecule has 1 aliphatic heterocycles. The first-order chi connectivity index (χ1) is 15.3. The molecule has 164 valence electrons. The van der Waals surface area contributed by atoms with Crippen LogP contribution in [0, 0.1) is 6.92 Å². The number of aryl methyl sites for hydroxylation is 1. The molecule has 1 fully saturated rings. The molecule has 2 aliphatic rings. The van der Waals surface area contributed by atoms with Gasteiger partial charge in [0.25, 0.3) is 0 Å². The van der Waals surface area contributed by atoms with Crippen molar-refractivity contribution in [2.75, 3.05) is 12.4 Å². The van der Waals surface area contributed by atoms with Gasteiger partial charge in [-0.15, -0.1) is 8.78 Å². The van der Waals surface area contributed by atoms with Crippen LogP contribution in [0.15, 0.2) is 48.7 Å². The Morgan fingerprint density at radius 3 is 2.56 bits per heavy atom.